The monoisotopic (exact) mass is 479 g/mol. The van der Waals surface area contributed by atoms with Gasteiger partial charge in [-0.15, -0.1) is 0 Å². The van der Waals surface area contributed by atoms with E-state index in [1.807, 2.05) is 49.4 Å². The van der Waals surface area contributed by atoms with E-state index >= 15 is 0 Å². The molecule has 1 atom stereocenters. The van der Waals surface area contributed by atoms with E-state index in [9.17, 15) is 14.7 Å². The molecule has 1 aliphatic heterocycles. The number of aliphatic hydroxyl groups is 1. The Kier molecular flexibility index (Phi) is 5.80. The summed E-state index contributed by atoms with van der Waals surface area (Å²) in [5.41, 5.74) is 0.815. The van der Waals surface area contributed by atoms with Gasteiger partial charge in [0.2, 0.25) is 0 Å². The number of rotatable bonds is 5. The first-order valence-electron chi connectivity index (χ1n) is 9.98. The van der Waals surface area contributed by atoms with E-state index in [4.69, 9.17) is 0 Å². The van der Waals surface area contributed by atoms with Crippen molar-refractivity contribution in [2.45, 2.75) is 25.6 Å². The van der Waals surface area contributed by atoms with Crippen LogP contribution in [0.5, 0.6) is 0 Å². The van der Waals surface area contributed by atoms with Crippen LogP contribution < -0.4 is 15.5 Å². The van der Waals surface area contributed by atoms with Gasteiger partial charge in [0.15, 0.2) is 0 Å². The third kappa shape index (κ3) is 3.94. The molecule has 1 heterocycles. The van der Waals surface area contributed by atoms with Crippen LogP contribution in [0, 0.1) is 0 Å². The van der Waals surface area contributed by atoms with E-state index in [2.05, 4.69) is 26.6 Å². The molecule has 0 spiro atoms. The Morgan fingerprint density at radius 2 is 1.77 bits per heavy atom. The lowest BCUT2D eigenvalue weighted by atomic mass is 9.94. The maximum absolute atomic E-state index is 13.4. The average Bonchev–Trinajstić information content (AvgIpc) is 2.79. The Labute approximate surface area is 189 Å². The molecule has 0 unspecified atom stereocenters. The van der Waals surface area contributed by atoms with Crippen LogP contribution in [0.3, 0.4) is 0 Å². The lowest BCUT2D eigenvalue weighted by molar-refractivity contribution is -0.140. The zero-order valence-corrected chi connectivity index (χ0v) is 18.5. The van der Waals surface area contributed by atoms with Gasteiger partial charge < -0.3 is 15.7 Å². The number of halogens is 1. The molecule has 4 rings (SSSR count). The standard InChI is InChI=1S/C24H22BrN3O3/c1-2-16-8-11-19(12-9-16)28-23(30)27-21-13-10-18(25)14-20(21)24(28,31)22(29)26-15-17-6-4-3-5-7-17/h3-14,31H,2,15H2,1H3,(H,26,29)(H,27,30)/t24-/m1/s1. The summed E-state index contributed by atoms with van der Waals surface area (Å²) < 4.78 is 0.679. The van der Waals surface area contributed by atoms with Gasteiger partial charge in [0.05, 0.1) is 5.69 Å². The average molecular weight is 480 g/mol. The van der Waals surface area contributed by atoms with E-state index in [1.165, 1.54) is 0 Å². The van der Waals surface area contributed by atoms with Crippen molar-refractivity contribution in [3.05, 3.63) is 94.0 Å². The third-order valence-electron chi connectivity index (χ3n) is 5.34. The molecule has 0 radical (unpaired) electrons. The quantitative estimate of drug-likeness (QED) is 0.502. The highest BCUT2D eigenvalue weighted by molar-refractivity contribution is 9.10. The van der Waals surface area contributed by atoms with Crippen molar-refractivity contribution in [3.8, 4) is 0 Å². The van der Waals surface area contributed by atoms with Crippen LogP contribution >= 0.6 is 15.9 Å². The normalized spacial score (nSPS) is 17.6. The van der Waals surface area contributed by atoms with Gasteiger partial charge in [-0.3, -0.25) is 9.69 Å². The zero-order valence-electron chi connectivity index (χ0n) is 16.9. The molecule has 158 valence electrons. The molecule has 31 heavy (non-hydrogen) atoms. The molecule has 3 aromatic carbocycles. The van der Waals surface area contributed by atoms with Gasteiger partial charge in [-0.1, -0.05) is 65.3 Å². The second-order valence-electron chi connectivity index (χ2n) is 7.32. The van der Waals surface area contributed by atoms with E-state index in [0.29, 0.717) is 15.8 Å². The Morgan fingerprint density at radius 3 is 2.45 bits per heavy atom. The number of aryl methyl sites for hydroxylation is 1. The highest BCUT2D eigenvalue weighted by atomic mass is 79.9. The van der Waals surface area contributed by atoms with Crippen LogP contribution in [-0.2, 0) is 23.5 Å². The summed E-state index contributed by atoms with van der Waals surface area (Å²) >= 11 is 3.40. The van der Waals surface area contributed by atoms with E-state index in [1.54, 1.807) is 30.3 Å². The summed E-state index contributed by atoms with van der Waals surface area (Å²) in [6.07, 6.45) is 0.837. The van der Waals surface area contributed by atoms with Gasteiger partial charge in [0, 0.05) is 22.3 Å². The fraction of sp³-hybridized carbons (Fsp3) is 0.167. The van der Waals surface area contributed by atoms with Gasteiger partial charge in [0.25, 0.3) is 11.6 Å². The number of nitrogens with zero attached hydrogens (tertiary/aromatic N) is 1. The number of carbonyl (C=O) groups is 2. The topological polar surface area (TPSA) is 81.7 Å². The fourth-order valence-electron chi connectivity index (χ4n) is 3.66. The fourth-order valence-corrected chi connectivity index (χ4v) is 4.02. The van der Waals surface area contributed by atoms with E-state index < -0.39 is 17.7 Å². The molecule has 0 aliphatic carbocycles. The summed E-state index contributed by atoms with van der Waals surface area (Å²) in [5.74, 6) is -0.690. The number of carbonyl (C=O) groups excluding carboxylic acids is 2. The molecule has 0 bridgehead atoms. The van der Waals surface area contributed by atoms with Crippen molar-refractivity contribution < 1.29 is 14.7 Å². The highest BCUT2D eigenvalue weighted by Gasteiger charge is 2.52. The van der Waals surface area contributed by atoms with Crippen LogP contribution in [0.4, 0.5) is 16.2 Å². The largest absolute Gasteiger partial charge is 0.359 e. The minimum Gasteiger partial charge on any atom is -0.359 e. The molecule has 0 aromatic heterocycles. The van der Waals surface area contributed by atoms with Crippen molar-refractivity contribution in [2.24, 2.45) is 0 Å². The molecule has 1 aliphatic rings. The first-order chi connectivity index (χ1) is 14.9. The molecular weight excluding hydrogens is 458 g/mol. The summed E-state index contributed by atoms with van der Waals surface area (Å²) in [4.78, 5) is 27.6. The predicted octanol–water partition coefficient (Wildman–Crippen LogP) is 4.53. The lowest BCUT2D eigenvalue weighted by Crippen LogP contribution is -2.62. The first kappa shape index (κ1) is 21.1. The number of fused-ring (bicyclic) bond motifs is 1. The van der Waals surface area contributed by atoms with Crippen molar-refractivity contribution in [2.75, 3.05) is 10.2 Å². The number of nitrogens with one attached hydrogen (secondary N) is 2. The smallest absolute Gasteiger partial charge is 0.329 e. The number of urea groups is 1. The molecule has 3 amide bonds. The summed E-state index contributed by atoms with van der Waals surface area (Å²) in [6.45, 7) is 2.25. The summed E-state index contributed by atoms with van der Waals surface area (Å²) in [7, 11) is 0. The van der Waals surface area contributed by atoms with Gasteiger partial charge in [-0.2, -0.15) is 0 Å². The maximum Gasteiger partial charge on any atom is 0.329 e. The number of benzene rings is 3. The molecule has 3 aromatic rings. The van der Waals surface area contributed by atoms with Crippen LogP contribution in [0.1, 0.15) is 23.6 Å². The second-order valence-corrected chi connectivity index (χ2v) is 8.23. The summed E-state index contributed by atoms with van der Waals surface area (Å²) in [5, 5.41) is 17.4. The molecule has 0 saturated heterocycles. The number of hydrogen-bond donors (Lipinski definition) is 3. The van der Waals surface area contributed by atoms with Crippen molar-refractivity contribution in [3.63, 3.8) is 0 Å². The van der Waals surface area contributed by atoms with Gasteiger partial charge in [-0.05, 0) is 47.9 Å². The SMILES string of the molecule is CCc1ccc(N2C(=O)Nc3ccc(Br)cc3[C@@]2(O)C(=O)NCc2ccccc2)cc1. The van der Waals surface area contributed by atoms with Crippen molar-refractivity contribution in [1.29, 1.82) is 0 Å². The van der Waals surface area contributed by atoms with Gasteiger partial charge >= 0.3 is 6.03 Å². The molecule has 7 heteroatoms. The highest BCUT2D eigenvalue weighted by Crippen LogP contribution is 2.41. The third-order valence-corrected chi connectivity index (χ3v) is 5.83. The molecule has 3 N–H and O–H groups in total. The summed E-state index contributed by atoms with van der Waals surface area (Å²) in [6, 6.07) is 21.1. The second kappa shape index (κ2) is 8.53. The Morgan fingerprint density at radius 1 is 1.06 bits per heavy atom. The molecule has 0 saturated carbocycles. The molecule has 0 fully saturated rings. The minimum absolute atomic E-state index is 0.218. The Hall–Kier alpha value is -3.16. The predicted molar refractivity (Wildman–Crippen MR) is 124 cm³/mol. The first-order valence-corrected chi connectivity index (χ1v) is 10.8. The maximum atomic E-state index is 13.4. The van der Waals surface area contributed by atoms with Crippen molar-refractivity contribution >= 4 is 39.2 Å². The van der Waals surface area contributed by atoms with Gasteiger partial charge in [0.1, 0.15) is 0 Å². The number of anilines is 2. The van der Waals surface area contributed by atoms with E-state index in [0.717, 1.165) is 22.4 Å². The van der Waals surface area contributed by atoms with Crippen molar-refractivity contribution in [1.82, 2.24) is 5.32 Å². The Balaban J connectivity index is 1.78. The van der Waals surface area contributed by atoms with Crippen LogP contribution in [0.15, 0.2) is 77.3 Å². The number of hydrogen-bond acceptors (Lipinski definition) is 3. The van der Waals surface area contributed by atoms with Crippen LogP contribution in [0.2, 0.25) is 0 Å². The van der Waals surface area contributed by atoms with Crippen LogP contribution in [-0.4, -0.2) is 17.0 Å². The van der Waals surface area contributed by atoms with E-state index in [-0.39, 0.29) is 12.1 Å². The lowest BCUT2D eigenvalue weighted by Gasteiger charge is -2.42. The van der Waals surface area contributed by atoms with Crippen LogP contribution in [0.25, 0.3) is 0 Å². The zero-order chi connectivity index (χ0) is 22.0. The minimum atomic E-state index is -2.23. The Bertz CT molecular complexity index is 1120. The number of amides is 3. The van der Waals surface area contributed by atoms with Gasteiger partial charge in [-0.25, -0.2) is 4.79 Å². The molecular formula is C24H22BrN3O3. The molecule has 6 nitrogen and oxygen atoms in total.